The van der Waals surface area contributed by atoms with E-state index in [9.17, 15) is 24.8 Å². The summed E-state index contributed by atoms with van der Waals surface area (Å²) in [5.74, 6) is 0.289. The van der Waals surface area contributed by atoms with Crippen LogP contribution in [-0.4, -0.2) is 155 Å². The predicted molar refractivity (Wildman–Crippen MR) is 220 cm³/mol. The molecule has 9 rings (SSSR count). The zero-order valence-corrected chi connectivity index (χ0v) is 36.0. The van der Waals surface area contributed by atoms with Gasteiger partial charge in [0.15, 0.2) is 53.1 Å². The summed E-state index contributed by atoms with van der Waals surface area (Å²) in [5.41, 5.74) is 19.5. The number of hydrogen-bond acceptors (Lipinski definition) is 25. The molecule has 6 aromatic heterocycles. The van der Waals surface area contributed by atoms with Gasteiger partial charge in [0.05, 0.1) is 44.9 Å². The number of aliphatic hydroxyl groups excluding tert-OH is 3. The van der Waals surface area contributed by atoms with E-state index in [0.29, 0.717) is 11.2 Å². The highest BCUT2D eigenvalue weighted by molar-refractivity contribution is 8.44. The van der Waals surface area contributed by atoms with Gasteiger partial charge in [0.2, 0.25) is 0 Å². The number of rotatable bonds is 15. The molecule has 10 N–H and O–H groups in total. The van der Waals surface area contributed by atoms with Crippen LogP contribution >= 0.6 is 25.8 Å². The molecule has 0 radical (unpaired) electrons. The molecule has 6 aromatic rings. The largest absolute Gasteiger partial charge is 0.394 e. The number of aromatic nitrogens is 12. The third-order valence-corrected chi connectivity index (χ3v) is 13.8. The van der Waals surface area contributed by atoms with Gasteiger partial charge in [-0.15, -0.1) is 0 Å². The molecule has 0 amide bonds. The Balaban J connectivity index is 0.919. The molecule has 32 heteroatoms. The van der Waals surface area contributed by atoms with Crippen molar-refractivity contribution in [1.82, 2.24) is 58.6 Å². The van der Waals surface area contributed by atoms with Gasteiger partial charge < -0.3 is 60.9 Å². The summed E-state index contributed by atoms with van der Waals surface area (Å²) in [7, 11) is 1.33. The molecule has 13 atom stereocenters. The molecule has 0 aliphatic carbocycles. The standard InChI is InChI=1S/C31H39N15O13P2S2/c1-52-21-15(5-54-60(50,62)58-13-2-12(3-47)55-29(13)44-9-41-16-23(32)35-6-38-26(16)44)57-31(46-11-43-18-25(34)37-8-40-28(18)46)22(21)59-61(51,63)53-4-14-19(48)20(49)30(56-14)45-10-42-17-24(33)36-7-39-27(17)45/h6-15,19-22,29-31,47-49H,2-5H2,1H3,(H,50,62)(H,51,63)(H2,32,35,38)(H2,33,36,39)(H2,34,37,40)/t12-,13+,14+,15+,19+,20+,21+,22+,29+,30+,31+,60?,61?/m0/s1. The van der Waals surface area contributed by atoms with Gasteiger partial charge in [0.1, 0.15) is 78.3 Å². The number of thiol groups is 1. The molecule has 0 aromatic carbocycles. The summed E-state index contributed by atoms with van der Waals surface area (Å²) in [6.45, 7) is -10.0. The van der Waals surface area contributed by atoms with Crippen molar-refractivity contribution in [2.45, 2.75) is 73.9 Å². The van der Waals surface area contributed by atoms with Crippen molar-refractivity contribution in [2.24, 2.45) is 0 Å². The summed E-state index contributed by atoms with van der Waals surface area (Å²) >= 11 is 9.70. The number of anilines is 3. The molecule has 2 unspecified atom stereocenters. The lowest BCUT2D eigenvalue weighted by molar-refractivity contribution is -0.0583. The van der Waals surface area contributed by atoms with E-state index in [1.54, 1.807) is 0 Å². The first-order chi connectivity index (χ1) is 30.2. The minimum atomic E-state index is -4.33. The highest BCUT2D eigenvalue weighted by atomic mass is 32.7. The average molecular weight is 956 g/mol. The second-order valence-corrected chi connectivity index (χ2v) is 20.0. The Bertz CT molecular complexity index is 2740. The fourth-order valence-corrected chi connectivity index (χ4v) is 10.5. The number of aliphatic hydroxyl groups is 3. The van der Waals surface area contributed by atoms with Crippen molar-refractivity contribution < 1.29 is 61.8 Å². The zero-order valence-electron chi connectivity index (χ0n) is 32.5. The molecule has 63 heavy (non-hydrogen) atoms. The molecule has 3 aliphatic rings. The second kappa shape index (κ2) is 17.3. The lowest BCUT2D eigenvalue weighted by Crippen LogP contribution is -2.37. The van der Waals surface area contributed by atoms with Crippen molar-refractivity contribution in [2.75, 3.05) is 44.1 Å². The summed E-state index contributed by atoms with van der Waals surface area (Å²) < 4.78 is 65.9. The quantitative estimate of drug-likeness (QED) is 0.0458. The van der Waals surface area contributed by atoms with Gasteiger partial charge in [0, 0.05) is 13.5 Å². The topological polar surface area (TPSA) is 381 Å². The Labute approximate surface area is 363 Å². The minimum Gasteiger partial charge on any atom is -0.394 e. The molecule has 0 spiro atoms. The van der Waals surface area contributed by atoms with E-state index in [2.05, 4.69) is 57.1 Å². The fourth-order valence-electron chi connectivity index (χ4n) is 7.62. The Morgan fingerprint density at radius 1 is 0.730 bits per heavy atom. The molecular formula is C31H39N15O13P2S2. The van der Waals surface area contributed by atoms with Crippen LogP contribution in [0.4, 0.5) is 17.5 Å². The van der Waals surface area contributed by atoms with Crippen molar-refractivity contribution in [3.05, 3.63) is 38.0 Å². The number of imidazole rings is 3. The van der Waals surface area contributed by atoms with E-state index < -0.39 is 94.2 Å². The Hall–Kier alpha value is -4.20. The Kier molecular flexibility index (Phi) is 12.1. The molecule has 0 bridgehead atoms. The minimum absolute atomic E-state index is 0.0635. The number of nitrogen functional groups attached to an aromatic ring is 3. The Morgan fingerprint density at radius 2 is 1.24 bits per heavy atom. The molecule has 0 saturated carbocycles. The van der Waals surface area contributed by atoms with Gasteiger partial charge in [-0.3, -0.25) is 27.3 Å². The number of ether oxygens (including phenoxy) is 4. The van der Waals surface area contributed by atoms with Crippen LogP contribution in [-0.2, 0) is 53.4 Å². The molecular weight excluding hydrogens is 917 g/mol. The van der Waals surface area contributed by atoms with E-state index in [1.165, 1.54) is 58.8 Å². The lowest BCUT2D eigenvalue weighted by atomic mass is 10.1. The Morgan fingerprint density at radius 3 is 1.78 bits per heavy atom. The van der Waals surface area contributed by atoms with Crippen LogP contribution in [0.5, 0.6) is 0 Å². The smallest absolute Gasteiger partial charge is 0.386 e. The van der Waals surface area contributed by atoms with Gasteiger partial charge in [-0.2, -0.15) is 0 Å². The maximum Gasteiger partial charge on any atom is 0.386 e. The van der Waals surface area contributed by atoms with E-state index in [0.717, 1.165) is 0 Å². The highest BCUT2D eigenvalue weighted by Gasteiger charge is 2.52. The van der Waals surface area contributed by atoms with Gasteiger partial charge >= 0.3 is 13.5 Å². The van der Waals surface area contributed by atoms with Crippen LogP contribution in [0.3, 0.4) is 0 Å². The monoisotopic (exact) mass is 955 g/mol. The van der Waals surface area contributed by atoms with Crippen LogP contribution < -0.4 is 17.2 Å². The molecule has 28 nitrogen and oxygen atoms in total. The van der Waals surface area contributed by atoms with Crippen molar-refractivity contribution >= 4 is 88.5 Å². The number of nitrogens with zero attached hydrogens (tertiary/aromatic N) is 12. The third kappa shape index (κ3) is 8.35. The van der Waals surface area contributed by atoms with E-state index in [4.69, 9.17) is 66.1 Å². The lowest BCUT2D eigenvalue weighted by Gasteiger charge is -2.28. The normalized spacial score (nSPS) is 30.7. The van der Waals surface area contributed by atoms with Gasteiger partial charge in [-0.05, 0) is 11.8 Å². The highest BCUT2D eigenvalue weighted by Crippen LogP contribution is 2.58. The SMILES string of the molecule is CO[C@H]1[C@@H](OP(O)(=S)OC[C@H]2O[C@@H](n3cnc4c(N)ncnc43)[C@H](O)[C@@H]2O)[C@H](n2cnc3c(N)ncnc32)O[C@@H]1COP(=O)(S)O[C@@H]1C[C@@H](CO)O[C@H]1n1cnc2c(N)ncnc21. The zero-order chi connectivity index (χ0) is 44.4. The first-order valence-electron chi connectivity index (χ1n) is 18.7. The molecule has 9 heterocycles. The summed E-state index contributed by atoms with van der Waals surface area (Å²) in [6.07, 6.45) is -5.09. The second-order valence-electron chi connectivity index (χ2n) is 14.4. The summed E-state index contributed by atoms with van der Waals surface area (Å²) in [5, 5.41) is 31.8. The van der Waals surface area contributed by atoms with Crippen LogP contribution in [0.2, 0.25) is 0 Å². The maximum atomic E-state index is 13.9. The molecule has 3 aliphatic heterocycles. The molecule has 338 valence electrons. The molecule has 3 fully saturated rings. The van der Waals surface area contributed by atoms with Gasteiger partial charge in [-0.1, -0.05) is 12.2 Å². The first kappa shape index (κ1) is 44.0. The first-order valence-corrected chi connectivity index (χ1v) is 24.0. The van der Waals surface area contributed by atoms with Gasteiger partial charge in [0.25, 0.3) is 0 Å². The third-order valence-electron chi connectivity index (χ3n) is 10.6. The van der Waals surface area contributed by atoms with E-state index in [-0.39, 0.29) is 52.8 Å². The van der Waals surface area contributed by atoms with Crippen LogP contribution in [0, 0.1) is 0 Å². The molecule has 3 saturated heterocycles. The summed E-state index contributed by atoms with van der Waals surface area (Å²) in [6, 6.07) is 0. The van der Waals surface area contributed by atoms with Crippen molar-refractivity contribution in [1.29, 1.82) is 0 Å². The van der Waals surface area contributed by atoms with Crippen LogP contribution in [0.1, 0.15) is 25.1 Å². The maximum absolute atomic E-state index is 13.9. The fraction of sp³-hybridized carbons (Fsp3) is 0.516. The van der Waals surface area contributed by atoms with E-state index in [1.807, 2.05) is 0 Å². The number of fused-ring (bicyclic) bond motifs is 3. The number of methoxy groups -OCH3 is 1. The predicted octanol–water partition coefficient (Wildman–Crippen LogP) is -0.878. The van der Waals surface area contributed by atoms with Crippen LogP contribution in [0.25, 0.3) is 33.5 Å². The van der Waals surface area contributed by atoms with Crippen molar-refractivity contribution in [3.8, 4) is 0 Å². The summed E-state index contributed by atoms with van der Waals surface area (Å²) in [4.78, 5) is 48.8. The van der Waals surface area contributed by atoms with E-state index >= 15 is 0 Å². The number of nitrogens with two attached hydrogens (primary N) is 3. The van der Waals surface area contributed by atoms with Crippen LogP contribution in [0.15, 0.2) is 38.0 Å². The number of hydrogen-bond donors (Lipinski definition) is 8. The van der Waals surface area contributed by atoms with Crippen molar-refractivity contribution in [3.63, 3.8) is 0 Å². The average Bonchev–Trinajstić information content (AvgIpc) is 4.11. The van der Waals surface area contributed by atoms with Gasteiger partial charge in [-0.25, -0.2) is 49.4 Å².